The smallest absolute Gasteiger partial charge is 0.261 e. The van der Waals surface area contributed by atoms with E-state index in [1.807, 2.05) is 13.8 Å². The van der Waals surface area contributed by atoms with Crippen LogP contribution in [-0.4, -0.2) is 35.9 Å². The van der Waals surface area contributed by atoms with E-state index < -0.39 is 11.9 Å². The van der Waals surface area contributed by atoms with Gasteiger partial charge in [-0.25, -0.2) is 4.39 Å². The van der Waals surface area contributed by atoms with Gasteiger partial charge in [-0.2, -0.15) is 0 Å². The van der Waals surface area contributed by atoms with Crippen LogP contribution in [0, 0.1) is 5.82 Å². The van der Waals surface area contributed by atoms with Gasteiger partial charge in [0, 0.05) is 13.1 Å². The molecule has 5 nitrogen and oxygen atoms in total. The Morgan fingerprint density at radius 1 is 1.10 bits per heavy atom. The molecule has 0 aliphatic rings. The number of amides is 2. The molecule has 8 heteroatoms. The number of carbonyl (C=O) groups excluding carboxylic acids is 2. The Balaban J connectivity index is 2.21. The molecule has 0 saturated heterocycles. The summed E-state index contributed by atoms with van der Waals surface area (Å²) in [7, 11) is 0. The van der Waals surface area contributed by atoms with Gasteiger partial charge in [0.05, 0.1) is 10.0 Å². The lowest BCUT2D eigenvalue weighted by atomic mass is 10.1. The molecule has 0 heterocycles. The number of ether oxygens (including phenoxy) is 1. The fraction of sp³-hybridized carbons (Fsp3) is 0.364. The first-order valence-electron chi connectivity index (χ1n) is 9.75. The van der Waals surface area contributed by atoms with Gasteiger partial charge in [0.2, 0.25) is 5.91 Å². The molecule has 0 aromatic heterocycles. The molecule has 0 unspecified atom stereocenters. The number of hydrogen-bond acceptors (Lipinski definition) is 3. The van der Waals surface area contributed by atoms with Crippen LogP contribution in [0.5, 0.6) is 5.75 Å². The second-order valence-electron chi connectivity index (χ2n) is 6.73. The van der Waals surface area contributed by atoms with E-state index in [0.29, 0.717) is 28.8 Å². The number of carbonyl (C=O) groups is 2. The molecule has 2 aromatic rings. The Morgan fingerprint density at radius 2 is 1.80 bits per heavy atom. The van der Waals surface area contributed by atoms with Crippen LogP contribution in [0.4, 0.5) is 4.39 Å². The minimum Gasteiger partial charge on any atom is -0.484 e. The molecule has 2 aromatic carbocycles. The van der Waals surface area contributed by atoms with E-state index in [2.05, 4.69) is 5.32 Å². The highest BCUT2D eigenvalue weighted by Gasteiger charge is 2.28. The van der Waals surface area contributed by atoms with Gasteiger partial charge in [0.1, 0.15) is 17.6 Å². The minimum atomic E-state index is -0.671. The summed E-state index contributed by atoms with van der Waals surface area (Å²) in [4.78, 5) is 27.1. The quantitative estimate of drug-likeness (QED) is 0.558. The third-order valence-corrected chi connectivity index (χ3v) is 5.19. The standard InChI is InChI=1S/C22H25Cl2FN2O3/c1-3-11-26-22(29)20(4-2)27(13-15-5-10-18(23)19(24)12-15)21(28)14-30-17-8-6-16(25)7-9-17/h5-10,12,20H,3-4,11,13-14H2,1-2H3,(H,26,29)/t20-/m1/s1. The van der Waals surface area contributed by atoms with E-state index in [1.165, 1.54) is 29.2 Å². The van der Waals surface area contributed by atoms with Gasteiger partial charge in [0.25, 0.3) is 5.91 Å². The van der Waals surface area contributed by atoms with E-state index in [4.69, 9.17) is 27.9 Å². The van der Waals surface area contributed by atoms with Crippen LogP contribution >= 0.6 is 23.2 Å². The molecular formula is C22H25Cl2FN2O3. The molecule has 1 atom stereocenters. The van der Waals surface area contributed by atoms with Crippen LogP contribution in [0.2, 0.25) is 10.0 Å². The number of nitrogens with zero attached hydrogens (tertiary/aromatic N) is 1. The van der Waals surface area contributed by atoms with Crippen molar-refractivity contribution in [2.45, 2.75) is 39.3 Å². The van der Waals surface area contributed by atoms with Crippen molar-refractivity contribution in [3.8, 4) is 5.75 Å². The van der Waals surface area contributed by atoms with Crippen molar-refractivity contribution in [2.24, 2.45) is 0 Å². The highest BCUT2D eigenvalue weighted by molar-refractivity contribution is 6.42. The fourth-order valence-corrected chi connectivity index (χ4v) is 3.20. The third-order valence-electron chi connectivity index (χ3n) is 4.45. The summed E-state index contributed by atoms with van der Waals surface area (Å²) in [5, 5.41) is 3.62. The van der Waals surface area contributed by atoms with Crippen molar-refractivity contribution >= 4 is 35.0 Å². The summed E-state index contributed by atoms with van der Waals surface area (Å²) >= 11 is 12.1. The molecule has 0 radical (unpaired) electrons. The predicted octanol–water partition coefficient (Wildman–Crippen LogP) is 4.84. The van der Waals surface area contributed by atoms with Crippen LogP contribution in [0.15, 0.2) is 42.5 Å². The van der Waals surface area contributed by atoms with Crippen molar-refractivity contribution in [1.29, 1.82) is 0 Å². The van der Waals surface area contributed by atoms with E-state index in [9.17, 15) is 14.0 Å². The summed E-state index contributed by atoms with van der Waals surface area (Å²) in [6.07, 6.45) is 1.22. The maximum Gasteiger partial charge on any atom is 0.261 e. The topological polar surface area (TPSA) is 58.6 Å². The highest BCUT2D eigenvalue weighted by Crippen LogP contribution is 2.24. The molecule has 2 rings (SSSR count). The average Bonchev–Trinajstić information content (AvgIpc) is 2.74. The molecule has 0 bridgehead atoms. The summed E-state index contributed by atoms with van der Waals surface area (Å²) in [5.74, 6) is -0.630. The lowest BCUT2D eigenvalue weighted by Gasteiger charge is -2.30. The predicted molar refractivity (Wildman–Crippen MR) is 116 cm³/mol. The largest absolute Gasteiger partial charge is 0.484 e. The van der Waals surface area contributed by atoms with Crippen LogP contribution < -0.4 is 10.1 Å². The first-order chi connectivity index (χ1) is 14.3. The van der Waals surface area contributed by atoms with Crippen molar-refractivity contribution in [2.75, 3.05) is 13.2 Å². The zero-order valence-corrected chi connectivity index (χ0v) is 18.5. The number of rotatable bonds is 10. The number of hydrogen-bond donors (Lipinski definition) is 1. The summed E-state index contributed by atoms with van der Waals surface area (Å²) in [6, 6.07) is 9.79. The summed E-state index contributed by atoms with van der Waals surface area (Å²) in [5.41, 5.74) is 0.737. The Labute approximate surface area is 186 Å². The normalized spacial score (nSPS) is 11.6. The van der Waals surface area contributed by atoms with Crippen molar-refractivity contribution < 1.29 is 18.7 Å². The Morgan fingerprint density at radius 3 is 2.40 bits per heavy atom. The lowest BCUT2D eigenvalue weighted by Crippen LogP contribution is -2.50. The Kier molecular flexibility index (Phi) is 9.40. The first kappa shape index (κ1) is 24.0. The summed E-state index contributed by atoms with van der Waals surface area (Å²) < 4.78 is 18.6. The van der Waals surface area contributed by atoms with Gasteiger partial charge in [-0.15, -0.1) is 0 Å². The molecule has 162 valence electrons. The second kappa shape index (κ2) is 11.8. The number of nitrogens with one attached hydrogen (secondary N) is 1. The van der Waals surface area contributed by atoms with Crippen LogP contribution in [0.1, 0.15) is 32.3 Å². The SMILES string of the molecule is CCCNC(=O)[C@@H](CC)N(Cc1ccc(Cl)c(Cl)c1)C(=O)COc1ccc(F)cc1. The van der Waals surface area contributed by atoms with Gasteiger partial charge in [0.15, 0.2) is 6.61 Å². The van der Waals surface area contributed by atoms with Gasteiger partial charge >= 0.3 is 0 Å². The van der Waals surface area contributed by atoms with Crippen molar-refractivity contribution in [3.63, 3.8) is 0 Å². The summed E-state index contributed by atoms with van der Waals surface area (Å²) in [6.45, 7) is 4.20. The van der Waals surface area contributed by atoms with Gasteiger partial charge < -0.3 is 15.0 Å². The fourth-order valence-electron chi connectivity index (χ4n) is 2.88. The molecular weight excluding hydrogens is 430 g/mol. The van der Waals surface area contributed by atoms with Crippen molar-refractivity contribution in [3.05, 3.63) is 63.9 Å². The Bertz CT molecular complexity index is 862. The molecule has 0 aliphatic heterocycles. The molecule has 2 amide bonds. The maximum atomic E-state index is 13.1. The monoisotopic (exact) mass is 454 g/mol. The van der Waals surface area contributed by atoms with Crippen LogP contribution in [0.25, 0.3) is 0 Å². The first-order valence-corrected chi connectivity index (χ1v) is 10.5. The van der Waals surface area contributed by atoms with E-state index >= 15 is 0 Å². The Hall–Kier alpha value is -2.31. The van der Waals surface area contributed by atoms with Gasteiger partial charge in [-0.1, -0.05) is 43.1 Å². The van der Waals surface area contributed by atoms with E-state index in [1.54, 1.807) is 18.2 Å². The second-order valence-corrected chi connectivity index (χ2v) is 7.54. The van der Waals surface area contributed by atoms with Crippen molar-refractivity contribution in [1.82, 2.24) is 10.2 Å². The minimum absolute atomic E-state index is 0.167. The highest BCUT2D eigenvalue weighted by atomic mass is 35.5. The molecule has 0 fully saturated rings. The molecule has 0 aliphatic carbocycles. The van der Waals surface area contributed by atoms with Crippen LogP contribution in [0.3, 0.4) is 0 Å². The zero-order chi connectivity index (χ0) is 22.1. The molecule has 0 spiro atoms. The molecule has 30 heavy (non-hydrogen) atoms. The zero-order valence-electron chi connectivity index (χ0n) is 17.0. The maximum absolute atomic E-state index is 13.1. The van der Waals surface area contributed by atoms with Gasteiger partial charge in [-0.3, -0.25) is 9.59 Å². The third kappa shape index (κ3) is 6.89. The molecule has 1 N–H and O–H groups in total. The average molecular weight is 455 g/mol. The van der Waals surface area contributed by atoms with Crippen LogP contribution in [-0.2, 0) is 16.1 Å². The number of benzene rings is 2. The lowest BCUT2D eigenvalue weighted by molar-refractivity contribution is -0.143. The molecule has 0 saturated carbocycles. The number of halogens is 3. The van der Waals surface area contributed by atoms with E-state index in [-0.39, 0.29) is 25.0 Å². The van der Waals surface area contributed by atoms with Gasteiger partial charge in [-0.05, 0) is 54.8 Å². The van der Waals surface area contributed by atoms with E-state index in [0.717, 1.165) is 12.0 Å².